The predicted octanol–water partition coefficient (Wildman–Crippen LogP) is 1.38. The SMILES string of the molecule is CC(=O)c1ccc(NC(=O)[C@@H](C)N2CCN(C(C)=O)CC2)cc1. The second kappa shape index (κ2) is 7.37. The number of nitrogens with one attached hydrogen (secondary N) is 1. The molecule has 1 atom stereocenters. The predicted molar refractivity (Wildman–Crippen MR) is 88.4 cm³/mol. The summed E-state index contributed by atoms with van der Waals surface area (Å²) in [6.07, 6.45) is 0. The highest BCUT2D eigenvalue weighted by Crippen LogP contribution is 2.13. The molecular formula is C17H23N3O3. The van der Waals surface area contributed by atoms with Crippen molar-refractivity contribution in [2.24, 2.45) is 0 Å². The second-order valence-corrected chi connectivity index (χ2v) is 5.84. The van der Waals surface area contributed by atoms with Crippen LogP contribution in [0.25, 0.3) is 0 Å². The van der Waals surface area contributed by atoms with Crippen molar-refractivity contribution < 1.29 is 14.4 Å². The zero-order valence-corrected chi connectivity index (χ0v) is 13.8. The van der Waals surface area contributed by atoms with Gasteiger partial charge in [-0.2, -0.15) is 0 Å². The van der Waals surface area contributed by atoms with Gasteiger partial charge >= 0.3 is 0 Å². The first-order chi connectivity index (χ1) is 10.9. The lowest BCUT2D eigenvalue weighted by molar-refractivity contribution is -0.131. The van der Waals surface area contributed by atoms with Gasteiger partial charge in [0, 0.05) is 44.4 Å². The second-order valence-electron chi connectivity index (χ2n) is 5.84. The summed E-state index contributed by atoms with van der Waals surface area (Å²) < 4.78 is 0. The van der Waals surface area contributed by atoms with Crippen LogP contribution in [0.2, 0.25) is 0 Å². The third kappa shape index (κ3) is 4.39. The summed E-state index contributed by atoms with van der Waals surface area (Å²) in [5.74, 6) is -0.0104. The van der Waals surface area contributed by atoms with E-state index in [1.807, 2.05) is 6.92 Å². The molecule has 1 heterocycles. The normalized spacial score (nSPS) is 16.7. The zero-order valence-electron chi connectivity index (χ0n) is 13.8. The van der Waals surface area contributed by atoms with Gasteiger partial charge < -0.3 is 10.2 Å². The fourth-order valence-corrected chi connectivity index (χ4v) is 2.62. The molecule has 0 radical (unpaired) electrons. The van der Waals surface area contributed by atoms with E-state index < -0.39 is 0 Å². The highest BCUT2D eigenvalue weighted by Gasteiger charge is 2.26. The Kier molecular flexibility index (Phi) is 5.50. The van der Waals surface area contributed by atoms with Gasteiger partial charge in [0.25, 0.3) is 0 Å². The van der Waals surface area contributed by atoms with Gasteiger partial charge in [-0.1, -0.05) is 0 Å². The lowest BCUT2D eigenvalue weighted by Gasteiger charge is -2.37. The molecular weight excluding hydrogens is 294 g/mol. The molecule has 6 heteroatoms. The van der Waals surface area contributed by atoms with E-state index in [1.54, 1.807) is 36.1 Å². The number of piperazine rings is 1. The molecule has 1 aromatic carbocycles. The Bertz CT molecular complexity index is 590. The van der Waals surface area contributed by atoms with E-state index in [1.165, 1.54) is 6.92 Å². The van der Waals surface area contributed by atoms with E-state index >= 15 is 0 Å². The van der Waals surface area contributed by atoms with Crippen LogP contribution < -0.4 is 5.32 Å². The maximum absolute atomic E-state index is 12.3. The van der Waals surface area contributed by atoms with Crippen molar-refractivity contribution in [1.82, 2.24) is 9.80 Å². The van der Waals surface area contributed by atoms with Gasteiger partial charge in [-0.15, -0.1) is 0 Å². The number of rotatable bonds is 4. The van der Waals surface area contributed by atoms with Crippen LogP contribution in [0.15, 0.2) is 24.3 Å². The number of benzene rings is 1. The molecule has 124 valence electrons. The molecule has 1 aromatic rings. The first-order valence-corrected chi connectivity index (χ1v) is 7.80. The molecule has 0 aliphatic carbocycles. The van der Waals surface area contributed by atoms with E-state index in [4.69, 9.17) is 0 Å². The van der Waals surface area contributed by atoms with Crippen LogP contribution >= 0.6 is 0 Å². The molecule has 1 aliphatic rings. The molecule has 23 heavy (non-hydrogen) atoms. The summed E-state index contributed by atoms with van der Waals surface area (Å²) in [7, 11) is 0. The van der Waals surface area contributed by atoms with Gasteiger partial charge in [-0.3, -0.25) is 19.3 Å². The number of carbonyl (C=O) groups is 3. The van der Waals surface area contributed by atoms with E-state index in [2.05, 4.69) is 10.2 Å². The minimum absolute atomic E-state index is 0.000383. The molecule has 1 N–H and O–H groups in total. The first kappa shape index (κ1) is 17.1. The van der Waals surface area contributed by atoms with Gasteiger partial charge in [0.1, 0.15) is 0 Å². The molecule has 0 saturated carbocycles. The first-order valence-electron chi connectivity index (χ1n) is 7.80. The number of carbonyl (C=O) groups excluding carboxylic acids is 3. The van der Waals surface area contributed by atoms with Gasteiger partial charge in [0.2, 0.25) is 11.8 Å². The maximum Gasteiger partial charge on any atom is 0.241 e. The van der Waals surface area contributed by atoms with Crippen molar-refractivity contribution >= 4 is 23.3 Å². The molecule has 0 aromatic heterocycles. The fourth-order valence-electron chi connectivity index (χ4n) is 2.62. The zero-order chi connectivity index (χ0) is 17.0. The summed E-state index contributed by atoms with van der Waals surface area (Å²) in [4.78, 5) is 38.8. The summed E-state index contributed by atoms with van der Waals surface area (Å²) >= 11 is 0. The number of hydrogen-bond acceptors (Lipinski definition) is 4. The van der Waals surface area contributed by atoms with Crippen molar-refractivity contribution in [3.8, 4) is 0 Å². The highest BCUT2D eigenvalue weighted by atomic mass is 16.2. The fraction of sp³-hybridized carbons (Fsp3) is 0.471. The minimum atomic E-state index is -0.267. The summed E-state index contributed by atoms with van der Waals surface area (Å²) in [5, 5.41) is 2.87. The Labute approximate surface area is 136 Å². The molecule has 2 amide bonds. The van der Waals surface area contributed by atoms with Crippen LogP contribution in [0, 0.1) is 0 Å². The Balaban J connectivity index is 1.90. The lowest BCUT2D eigenvalue weighted by atomic mass is 10.1. The lowest BCUT2D eigenvalue weighted by Crippen LogP contribution is -2.53. The van der Waals surface area contributed by atoms with Crippen LogP contribution in [0.3, 0.4) is 0 Å². The topological polar surface area (TPSA) is 69.7 Å². The molecule has 1 saturated heterocycles. The summed E-state index contributed by atoms with van der Waals surface area (Å²) in [6, 6.07) is 6.60. The van der Waals surface area contributed by atoms with Gasteiger partial charge in [0.15, 0.2) is 5.78 Å². The van der Waals surface area contributed by atoms with Gasteiger partial charge in [-0.25, -0.2) is 0 Å². The molecule has 1 aliphatic heterocycles. The number of anilines is 1. The summed E-state index contributed by atoms with van der Waals surface area (Å²) in [5.41, 5.74) is 1.30. The number of Topliss-reactive ketones (excluding diaryl/α,β-unsaturated/α-hetero) is 1. The third-order valence-electron chi connectivity index (χ3n) is 4.25. The number of ketones is 1. The molecule has 0 spiro atoms. The van der Waals surface area contributed by atoms with Crippen molar-refractivity contribution in [3.05, 3.63) is 29.8 Å². The van der Waals surface area contributed by atoms with E-state index in [0.29, 0.717) is 37.4 Å². The average Bonchev–Trinajstić information content (AvgIpc) is 2.54. The Morgan fingerprint density at radius 3 is 2.04 bits per heavy atom. The van der Waals surface area contributed by atoms with Crippen LogP contribution in [0.1, 0.15) is 31.1 Å². The summed E-state index contributed by atoms with van der Waals surface area (Å²) in [6.45, 7) is 7.63. The quantitative estimate of drug-likeness (QED) is 0.852. The molecule has 6 nitrogen and oxygen atoms in total. The van der Waals surface area contributed by atoms with Crippen LogP contribution in [0.5, 0.6) is 0 Å². The third-order valence-corrected chi connectivity index (χ3v) is 4.25. The van der Waals surface area contributed by atoms with Crippen LogP contribution in [-0.4, -0.2) is 59.6 Å². The molecule has 0 bridgehead atoms. The molecule has 0 unspecified atom stereocenters. The Morgan fingerprint density at radius 2 is 1.57 bits per heavy atom. The Hall–Kier alpha value is -2.21. The highest BCUT2D eigenvalue weighted by molar-refractivity contribution is 5.97. The minimum Gasteiger partial charge on any atom is -0.340 e. The van der Waals surface area contributed by atoms with Crippen LogP contribution in [0.4, 0.5) is 5.69 Å². The van der Waals surface area contributed by atoms with E-state index in [9.17, 15) is 14.4 Å². The van der Waals surface area contributed by atoms with Crippen molar-refractivity contribution in [1.29, 1.82) is 0 Å². The van der Waals surface area contributed by atoms with Gasteiger partial charge in [0.05, 0.1) is 6.04 Å². The Morgan fingerprint density at radius 1 is 1.00 bits per heavy atom. The smallest absolute Gasteiger partial charge is 0.241 e. The van der Waals surface area contributed by atoms with Crippen molar-refractivity contribution in [3.63, 3.8) is 0 Å². The standard InChI is InChI=1S/C17H23N3O3/c1-12(19-8-10-20(11-9-19)14(3)22)17(23)18-16-6-4-15(5-7-16)13(2)21/h4-7,12H,8-11H2,1-3H3,(H,18,23)/t12-/m1/s1. The molecule has 2 rings (SSSR count). The van der Waals surface area contributed by atoms with E-state index in [-0.39, 0.29) is 23.6 Å². The van der Waals surface area contributed by atoms with Gasteiger partial charge in [-0.05, 0) is 38.1 Å². The monoisotopic (exact) mass is 317 g/mol. The number of amides is 2. The number of nitrogens with zero attached hydrogens (tertiary/aromatic N) is 2. The van der Waals surface area contributed by atoms with E-state index in [0.717, 1.165) is 0 Å². The average molecular weight is 317 g/mol. The molecule has 1 fully saturated rings. The van der Waals surface area contributed by atoms with Crippen molar-refractivity contribution in [2.45, 2.75) is 26.8 Å². The van der Waals surface area contributed by atoms with Crippen molar-refractivity contribution in [2.75, 3.05) is 31.5 Å². The largest absolute Gasteiger partial charge is 0.340 e. The van der Waals surface area contributed by atoms with Crippen LogP contribution in [-0.2, 0) is 9.59 Å². The maximum atomic E-state index is 12.3. The number of hydrogen-bond donors (Lipinski definition) is 1.